The Bertz CT molecular complexity index is 1220. The lowest BCUT2D eigenvalue weighted by molar-refractivity contribution is -0.304. The Labute approximate surface area is 193 Å². The van der Waals surface area contributed by atoms with Gasteiger partial charge in [-0.15, -0.1) is 5.10 Å². The Morgan fingerprint density at radius 2 is 1.97 bits per heavy atom. The minimum Gasteiger partial charge on any atom is -0.384 e. The molecule has 1 aromatic carbocycles. The van der Waals surface area contributed by atoms with E-state index in [2.05, 4.69) is 25.7 Å². The summed E-state index contributed by atoms with van der Waals surface area (Å²) in [7, 11) is 0. The number of rotatable bonds is 4. The van der Waals surface area contributed by atoms with E-state index in [1.165, 1.54) is 10.9 Å². The fourth-order valence-corrected chi connectivity index (χ4v) is 6.53. The molecule has 1 spiro atoms. The van der Waals surface area contributed by atoms with Gasteiger partial charge in [0.2, 0.25) is 0 Å². The summed E-state index contributed by atoms with van der Waals surface area (Å²) in [5.41, 5.74) is -2.17. The number of nitrogens with one attached hydrogen (secondary N) is 1. The second-order valence-corrected chi connectivity index (χ2v) is 9.98. The zero-order chi connectivity index (χ0) is 23.7. The molecule has 0 bridgehead atoms. The maximum atomic E-state index is 14.4. The van der Waals surface area contributed by atoms with E-state index in [1.807, 2.05) is 6.92 Å². The number of benzene rings is 1. The molecule has 1 aliphatic heterocycles. The van der Waals surface area contributed by atoms with E-state index >= 15 is 0 Å². The second kappa shape index (κ2) is 7.35. The molecule has 3 fully saturated rings. The number of H-pyrrole nitrogens is 1. The Kier molecular flexibility index (Phi) is 4.70. The Balaban J connectivity index is 1.45. The lowest BCUT2D eigenvalue weighted by atomic mass is 9.42. The minimum atomic E-state index is -1.56. The zero-order valence-electron chi connectivity index (χ0n) is 18.6. The van der Waals surface area contributed by atoms with E-state index < -0.39 is 34.7 Å². The lowest BCUT2D eigenvalue weighted by Gasteiger charge is -2.66. The Morgan fingerprint density at radius 1 is 1.15 bits per heavy atom. The third-order valence-corrected chi connectivity index (χ3v) is 8.65. The van der Waals surface area contributed by atoms with Gasteiger partial charge in [0.05, 0.1) is 25.0 Å². The van der Waals surface area contributed by atoms with Crippen LogP contribution in [-0.4, -0.2) is 47.7 Å². The van der Waals surface area contributed by atoms with Crippen molar-refractivity contribution in [3.05, 3.63) is 47.7 Å². The number of aromatic amines is 1. The number of hydrogen-bond donors (Lipinski definition) is 2. The third kappa shape index (κ3) is 2.73. The van der Waals surface area contributed by atoms with Crippen molar-refractivity contribution in [1.82, 2.24) is 30.4 Å². The van der Waals surface area contributed by atoms with Crippen molar-refractivity contribution in [2.45, 2.75) is 62.7 Å². The van der Waals surface area contributed by atoms with Gasteiger partial charge in [-0.1, -0.05) is 11.6 Å². The van der Waals surface area contributed by atoms with Crippen LogP contribution < -0.4 is 0 Å². The van der Waals surface area contributed by atoms with Crippen molar-refractivity contribution in [1.29, 1.82) is 0 Å². The van der Waals surface area contributed by atoms with Crippen molar-refractivity contribution in [3.8, 4) is 11.3 Å². The van der Waals surface area contributed by atoms with Gasteiger partial charge in [0.25, 0.3) is 0 Å². The molecule has 2 saturated carbocycles. The molecule has 3 heterocycles. The fraction of sp³-hybridized carbons (Fsp3) is 0.565. The highest BCUT2D eigenvalue weighted by Gasteiger charge is 2.70. The van der Waals surface area contributed by atoms with Crippen molar-refractivity contribution < 1.29 is 23.0 Å². The van der Waals surface area contributed by atoms with Gasteiger partial charge in [0.1, 0.15) is 22.6 Å². The topological polar surface area (TPSA) is 102 Å². The normalized spacial score (nSPS) is 32.4. The van der Waals surface area contributed by atoms with Gasteiger partial charge in [-0.25, -0.2) is 17.9 Å². The highest BCUT2D eigenvalue weighted by atomic mass is 19.2. The molecular weight excluding hydrogens is 449 g/mol. The molecule has 1 saturated heterocycles. The second-order valence-electron chi connectivity index (χ2n) is 9.98. The number of nitrogens with zero attached hydrogens (tertiary/aromatic N) is 5. The van der Waals surface area contributed by atoms with Gasteiger partial charge < -0.3 is 9.84 Å². The minimum absolute atomic E-state index is 0.0499. The first kappa shape index (κ1) is 21.7. The number of aliphatic hydroxyl groups is 1. The van der Waals surface area contributed by atoms with Crippen LogP contribution in [0.15, 0.2) is 24.5 Å². The summed E-state index contributed by atoms with van der Waals surface area (Å²) in [5, 5.41) is 31.7. The molecule has 2 aromatic heterocycles. The third-order valence-electron chi connectivity index (χ3n) is 8.65. The molecule has 8 nitrogen and oxygen atoms in total. The molecule has 0 radical (unpaired) electrons. The molecule has 4 atom stereocenters. The Hall–Kier alpha value is -2.79. The molecule has 11 heteroatoms. The molecular formula is C23H25F3N6O2. The maximum Gasteiger partial charge on any atom is 0.195 e. The van der Waals surface area contributed by atoms with Crippen LogP contribution in [0.2, 0.25) is 0 Å². The molecule has 2 N–H and O–H groups in total. The predicted molar refractivity (Wildman–Crippen MR) is 113 cm³/mol. The van der Waals surface area contributed by atoms with E-state index in [9.17, 15) is 18.3 Å². The van der Waals surface area contributed by atoms with Crippen molar-refractivity contribution in [3.63, 3.8) is 0 Å². The van der Waals surface area contributed by atoms with Crippen LogP contribution >= 0.6 is 0 Å². The summed E-state index contributed by atoms with van der Waals surface area (Å²) >= 11 is 0. The quantitative estimate of drug-likeness (QED) is 0.560. The summed E-state index contributed by atoms with van der Waals surface area (Å²) in [6.07, 6.45) is 8.58. The van der Waals surface area contributed by atoms with Crippen LogP contribution in [0.1, 0.15) is 57.2 Å². The molecule has 2 aliphatic carbocycles. The van der Waals surface area contributed by atoms with Gasteiger partial charge in [-0.3, -0.25) is 0 Å². The molecule has 4 unspecified atom stereocenters. The van der Waals surface area contributed by atoms with Gasteiger partial charge in [0.15, 0.2) is 17.5 Å². The van der Waals surface area contributed by atoms with E-state index in [-0.39, 0.29) is 22.6 Å². The van der Waals surface area contributed by atoms with Gasteiger partial charge in [0, 0.05) is 5.56 Å². The van der Waals surface area contributed by atoms with Crippen LogP contribution in [0.25, 0.3) is 11.3 Å². The number of ether oxygens (including phenoxy) is 1. The first-order valence-corrected chi connectivity index (χ1v) is 11.6. The standard InChI is InChI=1S/C23H25F3N6O2/c1-21(17-11-27-30-29-17)23(33,16-5-9-22(16)7-2-8-22)18(6-10-34-21)32-12-15(28-31-32)13-3-4-14(24)20(26)19(13)25/h3-4,11-12,16,18,33H,2,5-10H2,1H3,(H,27,29,30). The monoisotopic (exact) mass is 474 g/mol. The number of hydrogen-bond acceptors (Lipinski definition) is 6. The molecule has 0 amide bonds. The molecule has 180 valence electrons. The van der Waals surface area contributed by atoms with Crippen LogP contribution in [0.4, 0.5) is 13.2 Å². The maximum absolute atomic E-state index is 14.4. The highest BCUT2D eigenvalue weighted by molar-refractivity contribution is 5.58. The first-order valence-electron chi connectivity index (χ1n) is 11.6. The lowest BCUT2D eigenvalue weighted by Crippen LogP contribution is -2.70. The first-order chi connectivity index (χ1) is 16.3. The van der Waals surface area contributed by atoms with Crippen LogP contribution in [0.3, 0.4) is 0 Å². The SMILES string of the molecule is CC1(c2cn[nH]n2)OCCC(n2cc(-c3ccc(F)c(F)c3F)nn2)C1(O)C1CCC12CCC2. The average molecular weight is 474 g/mol. The van der Waals surface area contributed by atoms with E-state index in [4.69, 9.17) is 4.74 Å². The summed E-state index contributed by atoms with van der Waals surface area (Å²) < 4.78 is 49.4. The largest absolute Gasteiger partial charge is 0.384 e. The van der Waals surface area contributed by atoms with Gasteiger partial charge in [-0.05, 0) is 62.5 Å². The fourth-order valence-electron chi connectivity index (χ4n) is 6.53. The van der Waals surface area contributed by atoms with Crippen LogP contribution in [0.5, 0.6) is 0 Å². The number of halogens is 3. The van der Waals surface area contributed by atoms with E-state index in [1.54, 1.807) is 6.20 Å². The molecule has 3 aliphatic rings. The molecule has 6 rings (SSSR count). The number of aromatic nitrogens is 6. The summed E-state index contributed by atoms with van der Waals surface area (Å²) in [6.45, 7) is 2.15. The summed E-state index contributed by atoms with van der Waals surface area (Å²) in [6, 6.07) is 1.43. The predicted octanol–water partition coefficient (Wildman–Crippen LogP) is 3.67. The van der Waals surface area contributed by atoms with E-state index in [0.717, 1.165) is 44.2 Å². The van der Waals surface area contributed by atoms with Crippen molar-refractivity contribution in [2.24, 2.45) is 11.3 Å². The Morgan fingerprint density at radius 3 is 2.62 bits per heavy atom. The van der Waals surface area contributed by atoms with Crippen molar-refractivity contribution in [2.75, 3.05) is 6.61 Å². The van der Waals surface area contributed by atoms with Crippen molar-refractivity contribution >= 4 is 0 Å². The zero-order valence-corrected chi connectivity index (χ0v) is 18.6. The highest BCUT2D eigenvalue weighted by Crippen LogP contribution is 2.68. The van der Waals surface area contributed by atoms with Gasteiger partial charge in [-0.2, -0.15) is 15.4 Å². The van der Waals surface area contributed by atoms with Crippen LogP contribution in [-0.2, 0) is 10.3 Å². The van der Waals surface area contributed by atoms with Gasteiger partial charge >= 0.3 is 0 Å². The molecule has 3 aromatic rings. The average Bonchev–Trinajstić information content (AvgIpc) is 3.45. The summed E-state index contributed by atoms with van der Waals surface area (Å²) in [4.78, 5) is 0. The smallest absolute Gasteiger partial charge is 0.195 e. The molecule has 34 heavy (non-hydrogen) atoms. The van der Waals surface area contributed by atoms with E-state index in [0.29, 0.717) is 18.7 Å². The summed E-state index contributed by atoms with van der Waals surface area (Å²) in [5.74, 6) is -4.22. The van der Waals surface area contributed by atoms with Crippen LogP contribution in [0, 0.1) is 28.8 Å².